The molecule has 5 rings (SSSR count). The summed E-state index contributed by atoms with van der Waals surface area (Å²) >= 11 is 0. The van der Waals surface area contributed by atoms with Crippen LogP contribution in [0.5, 0.6) is 17.2 Å². The van der Waals surface area contributed by atoms with Gasteiger partial charge in [0, 0.05) is 29.5 Å². The molecule has 2 aromatic rings. The Hall–Kier alpha value is -3.58. The monoisotopic (exact) mass is 576 g/mol. The van der Waals surface area contributed by atoms with Gasteiger partial charge in [-0.3, -0.25) is 4.79 Å². The number of ether oxygens (including phenoxy) is 4. The molecule has 0 saturated heterocycles. The summed E-state index contributed by atoms with van der Waals surface area (Å²) in [4.78, 5) is 11.7. The number of rotatable bonds is 7. The van der Waals surface area contributed by atoms with E-state index in [1.165, 1.54) is 13.2 Å². The molecule has 1 heterocycles. The summed E-state index contributed by atoms with van der Waals surface area (Å²) < 4.78 is 38.5. The van der Waals surface area contributed by atoms with Crippen LogP contribution >= 0.6 is 0 Å². The molecular formula is C35H41FO6. The highest BCUT2D eigenvalue weighted by atomic mass is 19.1. The summed E-state index contributed by atoms with van der Waals surface area (Å²) in [6.07, 6.45) is 7.44. The van der Waals surface area contributed by atoms with Crippen LogP contribution in [0.1, 0.15) is 80.0 Å². The van der Waals surface area contributed by atoms with Crippen molar-refractivity contribution in [3.8, 4) is 17.2 Å². The van der Waals surface area contributed by atoms with Crippen LogP contribution in [0.2, 0.25) is 0 Å². The van der Waals surface area contributed by atoms with Gasteiger partial charge in [-0.25, -0.2) is 4.39 Å². The van der Waals surface area contributed by atoms with E-state index in [2.05, 4.69) is 20.4 Å². The van der Waals surface area contributed by atoms with Crippen LogP contribution < -0.4 is 14.2 Å². The molecule has 224 valence electrons. The lowest BCUT2D eigenvalue weighted by Gasteiger charge is -2.21. The third kappa shape index (κ3) is 6.73. The molecule has 3 aliphatic rings. The topological polar surface area (TPSA) is 74.2 Å². The summed E-state index contributed by atoms with van der Waals surface area (Å²) in [5.41, 5.74) is 4.90. The molecule has 1 fully saturated rings. The van der Waals surface area contributed by atoms with Gasteiger partial charge in [0.25, 0.3) is 0 Å². The summed E-state index contributed by atoms with van der Waals surface area (Å²) in [5.74, 6) is 1.31. The fourth-order valence-electron chi connectivity index (χ4n) is 6.41. The Kier molecular flexibility index (Phi) is 8.78. The van der Waals surface area contributed by atoms with Gasteiger partial charge < -0.3 is 24.1 Å². The molecule has 1 saturated carbocycles. The highest BCUT2D eigenvalue weighted by Gasteiger charge is 2.34. The van der Waals surface area contributed by atoms with Crippen molar-refractivity contribution >= 4 is 11.5 Å². The van der Waals surface area contributed by atoms with Crippen LogP contribution in [-0.4, -0.2) is 42.6 Å². The number of benzene rings is 2. The number of hydrogen-bond donors (Lipinski definition) is 1. The maximum Gasteiger partial charge on any atom is 0.306 e. The van der Waals surface area contributed by atoms with Crippen molar-refractivity contribution < 1.29 is 33.2 Å². The van der Waals surface area contributed by atoms with Crippen LogP contribution in [0.4, 0.5) is 4.39 Å². The second-order valence-electron chi connectivity index (χ2n) is 12.1. The van der Waals surface area contributed by atoms with Crippen molar-refractivity contribution in [1.29, 1.82) is 0 Å². The van der Waals surface area contributed by atoms with E-state index >= 15 is 4.39 Å². The minimum absolute atomic E-state index is 0.00673. The summed E-state index contributed by atoms with van der Waals surface area (Å²) in [5, 5.41) is 10.3. The second kappa shape index (κ2) is 12.3. The van der Waals surface area contributed by atoms with Crippen LogP contribution in [-0.2, 0) is 9.53 Å². The molecule has 0 aromatic heterocycles. The van der Waals surface area contributed by atoms with Crippen LogP contribution in [0.3, 0.4) is 0 Å². The highest BCUT2D eigenvalue weighted by molar-refractivity contribution is 5.73. The van der Waals surface area contributed by atoms with Crippen molar-refractivity contribution in [1.82, 2.24) is 0 Å². The van der Waals surface area contributed by atoms with E-state index in [4.69, 9.17) is 18.9 Å². The minimum Gasteiger partial charge on any atom is -0.492 e. The lowest BCUT2D eigenvalue weighted by atomic mass is 9.91. The molecule has 1 aliphatic heterocycles. The second-order valence-corrected chi connectivity index (χ2v) is 12.1. The molecule has 0 spiro atoms. The first-order chi connectivity index (χ1) is 20.0. The Morgan fingerprint density at radius 1 is 1.12 bits per heavy atom. The first kappa shape index (κ1) is 29.9. The quantitative estimate of drug-likeness (QED) is 0.345. The van der Waals surface area contributed by atoms with E-state index in [0.717, 1.165) is 59.3 Å². The molecule has 2 aliphatic carbocycles. The number of aryl methyl sites for hydroxylation is 2. The molecule has 6 nitrogen and oxygen atoms in total. The SMILES string of the molecule is C=C1/C(F)=C\C=C(\c2c(C)cc(OC3CCC(C)(O)C3)cc2C)CCC[C@H]1Oc1ccc2c(c1)OC[C@H]2CC(=O)OC. The largest absolute Gasteiger partial charge is 0.492 e. The molecule has 2 unspecified atom stereocenters. The predicted molar refractivity (Wildman–Crippen MR) is 161 cm³/mol. The Bertz CT molecular complexity index is 1400. The van der Waals surface area contributed by atoms with Crippen LogP contribution in [0.25, 0.3) is 5.57 Å². The number of esters is 1. The zero-order valence-corrected chi connectivity index (χ0v) is 25.0. The van der Waals surface area contributed by atoms with Gasteiger partial charge in [0.05, 0.1) is 25.7 Å². The van der Waals surface area contributed by atoms with Crippen molar-refractivity contribution in [2.75, 3.05) is 13.7 Å². The number of allylic oxidation sites excluding steroid dienone is 3. The maximum absolute atomic E-state index is 15.3. The Labute approximate surface area is 247 Å². The van der Waals surface area contributed by atoms with E-state index in [1.54, 1.807) is 6.07 Å². The van der Waals surface area contributed by atoms with Gasteiger partial charge in [0.15, 0.2) is 0 Å². The Morgan fingerprint density at radius 3 is 2.57 bits per heavy atom. The third-order valence-corrected chi connectivity index (χ3v) is 8.63. The first-order valence-electron chi connectivity index (χ1n) is 14.8. The van der Waals surface area contributed by atoms with Gasteiger partial charge in [-0.2, -0.15) is 0 Å². The van der Waals surface area contributed by atoms with E-state index in [0.29, 0.717) is 36.5 Å². The van der Waals surface area contributed by atoms with E-state index < -0.39 is 17.5 Å². The average molecular weight is 577 g/mol. The molecule has 2 aromatic carbocycles. The van der Waals surface area contributed by atoms with E-state index in [-0.39, 0.29) is 24.4 Å². The summed E-state index contributed by atoms with van der Waals surface area (Å²) in [7, 11) is 1.38. The molecule has 0 bridgehead atoms. The number of carbonyl (C=O) groups excluding carboxylic acids is 1. The number of methoxy groups -OCH3 is 1. The van der Waals surface area contributed by atoms with Crippen molar-refractivity contribution in [2.24, 2.45) is 0 Å². The Balaban J connectivity index is 1.27. The van der Waals surface area contributed by atoms with Crippen LogP contribution in [0.15, 0.2) is 60.5 Å². The lowest BCUT2D eigenvalue weighted by molar-refractivity contribution is -0.141. The summed E-state index contributed by atoms with van der Waals surface area (Å²) in [6.45, 7) is 10.4. The number of fused-ring (bicyclic) bond motifs is 1. The van der Waals surface area contributed by atoms with Crippen LogP contribution in [0, 0.1) is 13.8 Å². The van der Waals surface area contributed by atoms with Gasteiger partial charge >= 0.3 is 5.97 Å². The minimum atomic E-state index is -0.665. The predicted octanol–water partition coefficient (Wildman–Crippen LogP) is 7.45. The Morgan fingerprint density at radius 2 is 1.88 bits per heavy atom. The zero-order chi connectivity index (χ0) is 30.0. The van der Waals surface area contributed by atoms with Crippen molar-refractivity contribution in [2.45, 2.75) is 89.4 Å². The number of carbonyl (C=O) groups is 1. The normalized spacial score (nSPS) is 28.2. The molecule has 42 heavy (non-hydrogen) atoms. The zero-order valence-electron chi connectivity index (χ0n) is 25.0. The van der Waals surface area contributed by atoms with Gasteiger partial charge in [-0.05, 0) is 99.4 Å². The van der Waals surface area contributed by atoms with Crippen molar-refractivity contribution in [3.63, 3.8) is 0 Å². The smallest absolute Gasteiger partial charge is 0.306 e. The van der Waals surface area contributed by atoms with Crippen molar-refractivity contribution in [3.05, 3.63) is 82.7 Å². The fourth-order valence-corrected chi connectivity index (χ4v) is 6.41. The fraction of sp³-hybridized carbons (Fsp3) is 0.457. The molecular weight excluding hydrogens is 535 g/mol. The molecule has 1 N–H and O–H groups in total. The van der Waals surface area contributed by atoms with E-state index in [9.17, 15) is 9.90 Å². The molecule has 7 heteroatoms. The van der Waals surface area contributed by atoms with Gasteiger partial charge in [-0.15, -0.1) is 0 Å². The lowest BCUT2D eigenvalue weighted by Crippen LogP contribution is -2.22. The third-order valence-electron chi connectivity index (χ3n) is 8.63. The maximum atomic E-state index is 15.3. The van der Waals surface area contributed by atoms with E-state index in [1.807, 2.05) is 37.3 Å². The standard InChI is InChI=1S/C35H41FO6/c1-21-15-28(41-27-13-14-35(4,38)19-27)16-22(2)34(21)24-7-6-8-31(23(3)30(36)12-9-24)42-26-10-11-29-25(17-33(37)39-5)20-40-32(29)18-26/h9-12,15-16,18,25,27,31,38H,3,6-8,13-14,17,19-20H2,1-2,4-5H3/b24-9+,30-12+/t25-,27?,31-,35?/m1/s1. The summed E-state index contributed by atoms with van der Waals surface area (Å²) in [6, 6.07) is 9.63. The highest BCUT2D eigenvalue weighted by Crippen LogP contribution is 2.40. The molecule has 0 amide bonds. The van der Waals surface area contributed by atoms with Gasteiger partial charge in [0.1, 0.15) is 35.3 Å². The number of hydrogen-bond acceptors (Lipinski definition) is 6. The molecule has 0 radical (unpaired) electrons. The van der Waals surface area contributed by atoms with Gasteiger partial charge in [0.2, 0.25) is 0 Å². The van der Waals surface area contributed by atoms with Gasteiger partial charge in [-0.1, -0.05) is 18.7 Å². The number of aliphatic hydroxyl groups is 1. The molecule has 4 atom stereocenters. The first-order valence-corrected chi connectivity index (χ1v) is 14.8. The average Bonchev–Trinajstić information content (AvgIpc) is 3.51. The number of halogens is 1.